The minimum absolute atomic E-state index is 0.188. The summed E-state index contributed by atoms with van der Waals surface area (Å²) in [5.41, 5.74) is 0.864. The number of unbranched alkanes of at least 4 members (excludes halogenated alkanes) is 2. The lowest BCUT2D eigenvalue weighted by Gasteiger charge is -1.96. The third kappa shape index (κ3) is 2.37. The van der Waals surface area contributed by atoms with E-state index in [4.69, 9.17) is 0 Å². The fourth-order valence-corrected chi connectivity index (χ4v) is 0.986. The molecular weight excluding hydrogens is 140 g/mol. The Labute approximate surface area is 67.2 Å². The normalized spacial score (nSPS) is 16.3. The molecule has 1 aliphatic rings. The second kappa shape index (κ2) is 3.56. The Bertz CT molecular complexity index is 172. The average Bonchev–Trinajstić information content (AvgIpc) is 2.67. The van der Waals surface area contributed by atoms with Crippen LogP contribution in [0.2, 0.25) is 0 Å². The van der Waals surface area contributed by atoms with Crippen LogP contribution in [0.3, 0.4) is 0 Å². The van der Waals surface area contributed by atoms with Crippen LogP contribution in [0.5, 0.6) is 0 Å². The number of rotatable bonds is 5. The number of carbonyl (C=O) groups is 1. The van der Waals surface area contributed by atoms with Crippen LogP contribution in [0.1, 0.15) is 32.6 Å². The summed E-state index contributed by atoms with van der Waals surface area (Å²) in [5.74, 6) is -0.188. The Morgan fingerprint density at radius 1 is 1.55 bits per heavy atom. The van der Waals surface area contributed by atoms with Crippen LogP contribution < -0.4 is 0 Å². The molecule has 0 amide bonds. The van der Waals surface area contributed by atoms with Crippen molar-refractivity contribution in [1.29, 1.82) is 0 Å². The first-order valence-corrected chi connectivity index (χ1v) is 4.03. The van der Waals surface area contributed by atoms with E-state index in [1.54, 1.807) is 0 Å². The first-order chi connectivity index (χ1) is 5.25. The fraction of sp³-hybridized carbons (Fsp3) is 0.556. The van der Waals surface area contributed by atoms with Gasteiger partial charge < -0.3 is 4.74 Å². The van der Waals surface area contributed by atoms with Crippen molar-refractivity contribution in [3.63, 3.8) is 0 Å². The van der Waals surface area contributed by atoms with Crippen LogP contribution in [0.4, 0.5) is 0 Å². The summed E-state index contributed by atoms with van der Waals surface area (Å²) in [6.07, 6.45) is 4.89. The average molecular weight is 153 g/mol. The molecule has 0 atom stereocenters. The molecule has 11 heavy (non-hydrogen) atoms. The van der Waals surface area contributed by atoms with Gasteiger partial charge in [-0.15, -0.1) is 0 Å². The molecule has 0 unspecified atom stereocenters. The molecule has 0 saturated carbocycles. The van der Waals surface area contributed by atoms with Crippen molar-refractivity contribution in [2.45, 2.75) is 32.6 Å². The van der Waals surface area contributed by atoms with E-state index in [1.807, 2.05) is 0 Å². The Morgan fingerprint density at radius 2 is 2.18 bits per heavy atom. The quantitative estimate of drug-likeness (QED) is 0.447. The Hall–Kier alpha value is -0.790. The van der Waals surface area contributed by atoms with E-state index in [1.165, 1.54) is 12.8 Å². The van der Waals surface area contributed by atoms with Crippen molar-refractivity contribution in [3.05, 3.63) is 18.3 Å². The summed E-state index contributed by atoms with van der Waals surface area (Å²) in [6, 6.07) is 0. The third-order valence-corrected chi connectivity index (χ3v) is 1.74. The van der Waals surface area contributed by atoms with Gasteiger partial charge in [-0.05, 0) is 18.4 Å². The minimum Gasteiger partial charge on any atom is -0.433 e. The van der Waals surface area contributed by atoms with E-state index in [-0.39, 0.29) is 5.97 Å². The lowest BCUT2D eigenvalue weighted by atomic mass is 10.1. The summed E-state index contributed by atoms with van der Waals surface area (Å²) < 4.78 is 4.59. The topological polar surface area (TPSA) is 29.6 Å². The molecule has 1 radical (unpaired) electrons. The SMILES string of the molecule is C=C(CCCCC)[C]1OC1=O. The summed E-state index contributed by atoms with van der Waals surface area (Å²) in [4.78, 5) is 10.4. The van der Waals surface area contributed by atoms with E-state index >= 15 is 0 Å². The standard InChI is InChI=1S/C9H13O2/c1-3-4-5-6-7(2)8-9(10)11-8/h2-6H2,1H3. The van der Waals surface area contributed by atoms with Crippen molar-refractivity contribution in [3.8, 4) is 0 Å². The van der Waals surface area contributed by atoms with Gasteiger partial charge in [0.25, 0.3) is 6.10 Å². The third-order valence-electron chi connectivity index (χ3n) is 1.74. The van der Waals surface area contributed by atoms with Gasteiger partial charge in [0.05, 0.1) is 0 Å². The molecule has 0 aliphatic carbocycles. The van der Waals surface area contributed by atoms with Gasteiger partial charge in [-0.3, -0.25) is 0 Å². The molecule has 0 bridgehead atoms. The Balaban J connectivity index is 2.07. The Morgan fingerprint density at radius 3 is 2.64 bits per heavy atom. The molecule has 1 fully saturated rings. The molecule has 2 nitrogen and oxygen atoms in total. The monoisotopic (exact) mass is 153 g/mol. The first kappa shape index (κ1) is 8.31. The molecule has 0 aromatic carbocycles. The lowest BCUT2D eigenvalue weighted by molar-refractivity contribution is -0.117. The zero-order chi connectivity index (χ0) is 8.27. The van der Waals surface area contributed by atoms with Gasteiger partial charge in [-0.1, -0.05) is 26.3 Å². The van der Waals surface area contributed by atoms with Crippen LogP contribution in [-0.4, -0.2) is 5.97 Å². The highest BCUT2D eigenvalue weighted by Gasteiger charge is 2.42. The summed E-state index contributed by atoms with van der Waals surface area (Å²) in [5, 5.41) is 0. The van der Waals surface area contributed by atoms with Gasteiger partial charge in [-0.25, -0.2) is 4.79 Å². The molecule has 1 heterocycles. The van der Waals surface area contributed by atoms with Gasteiger partial charge in [0.2, 0.25) is 0 Å². The van der Waals surface area contributed by atoms with Gasteiger partial charge in [-0.2, -0.15) is 0 Å². The maximum absolute atomic E-state index is 10.4. The number of ether oxygens (including phenoxy) is 1. The van der Waals surface area contributed by atoms with Crippen LogP contribution >= 0.6 is 0 Å². The first-order valence-electron chi connectivity index (χ1n) is 4.03. The number of cyclic esters (lactones) is 1. The highest BCUT2D eigenvalue weighted by atomic mass is 16.6. The van der Waals surface area contributed by atoms with E-state index < -0.39 is 0 Å². The predicted molar refractivity (Wildman–Crippen MR) is 42.6 cm³/mol. The predicted octanol–water partition coefficient (Wildman–Crippen LogP) is 2.21. The lowest BCUT2D eigenvalue weighted by Crippen LogP contribution is -1.85. The molecule has 61 valence electrons. The molecule has 0 N–H and O–H groups in total. The molecule has 0 aromatic rings. The molecule has 0 aromatic heterocycles. The zero-order valence-corrected chi connectivity index (χ0v) is 6.85. The van der Waals surface area contributed by atoms with Crippen molar-refractivity contribution in [1.82, 2.24) is 0 Å². The smallest absolute Gasteiger partial charge is 0.362 e. The van der Waals surface area contributed by atoms with E-state index in [0.717, 1.165) is 18.4 Å². The second-order valence-electron chi connectivity index (χ2n) is 2.78. The van der Waals surface area contributed by atoms with Crippen LogP contribution in [0, 0.1) is 6.10 Å². The fourth-order valence-electron chi connectivity index (χ4n) is 0.986. The maximum Gasteiger partial charge on any atom is 0.362 e. The minimum atomic E-state index is -0.188. The van der Waals surface area contributed by atoms with Gasteiger partial charge in [0.15, 0.2) is 0 Å². The summed E-state index contributed by atoms with van der Waals surface area (Å²) in [7, 11) is 0. The van der Waals surface area contributed by atoms with Crippen molar-refractivity contribution in [2.24, 2.45) is 0 Å². The number of epoxide rings is 1. The van der Waals surface area contributed by atoms with Crippen LogP contribution in [-0.2, 0) is 9.53 Å². The molecule has 1 aliphatic heterocycles. The second-order valence-corrected chi connectivity index (χ2v) is 2.78. The van der Waals surface area contributed by atoms with Crippen molar-refractivity contribution >= 4 is 5.97 Å². The Kier molecular flexibility index (Phi) is 2.69. The molecule has 0 spiro atoms. The molecular formula is C9H13O2. The molecule has 2 heteroatoms. The van der Waals surface area contributed by atoms with Crippen molar-refractivity contribution < 1.29 is 9.53 Å². The maximum atomic E-state index is 10.4. The van der Waals surface area contributed by atoms with Gasteiger partial charge in [0.1, 0.15) is 0 Å². The largest absolute Gasteiger partial charge is 0.433 e. The molecule has 1 rings (SSSR count). The van der Waals surface area contributed by atoms with Gasteiger partial charge in [0, 0.05) is 0 Å². The number of hydrogen-bond donors (Lipinski definition) is 0. The number of carbonyl (C=O) groups excluding carboxylic acids is 1. The van der Waals surface area contributed by atoms with E-state index in [2.05, 4.69) is 18.2 Å². The summed E-state index contributed by atoms with van der Waals surface area (Å²) in [6.45, 7) is 5.90. The highest BCUT2D eigenvalue weighted by molar-refractivity contribution is 6.00. The van der Waals surface area contributed by atoms with E-state index in [9.17, 15) is 4.79 Å². The van der Waals surface area contributed by atoms with Crippen LogP contribution in [0.25, 0.3) is 0 Å². The van der Waals surface area contributed by atoms with Crippen LogP contribution in [0.15, 0.2) is 12.2 Å². The summed E-state index contributed by atoms with van der Waals surface area (Å²) >= 11 is 0. The van der Waals surface area contributed by atoms with Crippen molar-refractivity contribution in [2.75, 3.05) is 0 Å². The highest BCUT2D eigenvalue weighted by Crippen LogP contribution is 2.32. The molecule has 1 saturated heterocycles. The van der Waals surface area contributed by atoms with Gasteiger partial charge >= 0.3 is 5.97 Å². The van der Waals surface area contributed by atoms with E-state index in [0.29, 0.717) is 6.10 Å². The number of hydrogen-bond acceptors (Lipinski definition) is 2. The zero-order valence-electron chi connectivity index (χ0n) is 6.85.